The number of ether oxygens (including phenoxy) is 4. The third-order valence-electron chi connectivity index (χ3n) is 7.95. The number of methoxy groups -OCH3 is 3. The molecule has 5 rings (SSSR count). The summed E-state index contributed by atoms with van der Waals surface area (Å²) >= 11 is 0. The van der Waals surface area contributed by atoms with E-state index in [1.807, 2.05) is 18.2 Å². The van der Waals surface area contributed by atoms with E-state index >= 15 is 0 Å². The number of fused-ring (bicyclic) bond motifs is 5. The fraction of sp³-hybridized carbons (Fsp3) is 0.419. The summed E-state index contributed by atoms with van der Waals surface area (Å²) in [6.07, 6.45) is 1.11. The number of rotatable bonds is 7. The number of phenolic OH excluding ortho intramolecular Hbond substituents is 3. The lowest BCUT2D eigenvalue weighted by Crippen LogP contribution is -2.32. The SMILES string of the molecule is COc1cc([C@@H]2Oc3cc(OC)c4c(c3C[C@H]2O)C[C@H](CCC(C)C)c2cc(O)ccc2-4)c(O)c(OC)c1O. The molecule has 8 nitrogen and oxygen atoms in total. The van der Waals surface area contributed by atoms with Gasteiger partial charge in [-0.25, -0.2) is 0 Å². The molecule has 0 amide bonds. The second kappa shape index (κ2) is 10.4. The van der Waals surface area contributed by atoms with Gasteiger partial charge in [-0.2, -0.15) is 0 Å². The number of hydrogen-bond donors (Lipinski definition) is 4. The number of benzene rings is 3. The van der Waals surface area contributed by atoms with Crippen molar-refractivity contribution in [1.29, 1.82) is 0 Å². The number of aliphatic hydroxyl groups is 1. The van der Waals surface area contributed by atoms with Gasteiger partial charge in [0.2, 0.25) is 11.5 Å². The van der Waals surface area contributed by atoms with Crippen molar-refractivity contribution in [3.05, 3.63) is 52.6 Å². The molecular weight excluding hydrogens is 500 g/mol. The van der Waals surface area contributed by atoms with Crippen LogP contribution in [0.25, 0.3) is 11.1 Å². The van der Waals surface area contributed by atoms with Gasteiger partial charge in [-0.15, -0.1) is 0 Å². The summed E-state index contributed by atoms with van der Waals surface area (Å²) in [5.41, 5.74) is 5.29. The average molecular weight is 537 g/mol. The van der Waals surface area contributed by atoms with Gasteiger partial charge >= 0.3 is 0 Å². The Morgan fingerprint density at radius 2 is 1.62 bits per heavy atom. The zero-order chi connectivity index (χ0) is 28.0. The van der Waals surface area contributed by atoms with Gasteiger partial charge in [0, 0.05) is 29.2 Å². The summed E-state index contributed by atoms with van der Waals surface area (Å²) in [6, 6.07) is 8.77. The van der Waals surface area contributed by atoms with E-state index in [2.05, 4.69) is 13.8 Å². The van der Waals surface area contributed by atoms with Crippen LogP contribution >= 0.6 is 0 Å². The van der Waals surface area contributed by atoms with Crippen molar-refractivity contribution in [1.82, 2.24) is 0 Å². The highest BCUT2D eigenvalue weighted by Crippen LogP contribution is 2.54. The quantitative estimate of drug-likeness (QED) is 0.308. The Morgan fingerprint density at radius 3 is 2.28 bits per heavy atom. The third-order valence-corrected chi connectivity index (χ3v) is 7.95. The molecule has 0 spiro atoms. The molecule has 3 aromatic carbocycles. The molecule has 0 unspecified atom stereocenters. The smallest absolute Gasteiger partial charge is 0.207 e. The number of aliphatic hydroxyl groups excluding tert-OH is 1. The Kier molecular flexibility index (Phi) is 7.16. The first-order valence-electron chi connectivity index (χ1n) is 13.3. The summed E-state index contributed by atoms with van der Waals surface area (Å²) in [4.78, 5) is 0. The molecule has 0 aromatic heterocycles. The van der Waals surface area contributed by atoms with Gasteiger partial charge in [0.05, 0.1) is 27.4 Å². The fourth-order valence-electron chi connectivity index (χ4n) is 6.00. The molecule has 1 aliphatic carbocycles. The van der Waals surface area contributed by atoms with Crippen LogP contribution in [0.1, 0.15) is 61.0 Å². The molecule has 1 heterocycles. The molecule has 0 saturated heterocycles. The van der Waals surface area contributed by atoms with Crippen LogP contribution in [0.5, 0.6) is 40.2 Å². The van der Waals surface area contributed by atoms with Crippen molar-refractivity contribution in [2.45, 2.75) is 57.7 Å². The maximum atomic E-state index is 11.3. The predicted molar refractivity (Wildman–Crippen MR) is 147 cm³/mol. The highest BCUT2D eigenvalue weighted by molar-refractivity contribution is 5.82. The number of hydrogen-bond acceptors (Lipinski definition) is 8. The van der Waals surface area contributed by atoms with Gasteiger partial charge in [0.1, 0.15) is 17.2 Å². The molecule has 4 N–H and O–H groups in total. The lowest BCUT2D eigenvalue weighted by Gasteiger charge is -2.37. The normalized spacial score (nSPS) is 19.5. The Bertz CT molecular complexity index is 1400. The van der Waals surface area contributed by atoms with Crippen LogP contribution in [0.15, 0.2) is 30.3 Å². The summed E-state index contributed by atoms with van der Waals surface area (Å²) < 4.78 is 22.7. The van der Waals surface area contributed by atoms with E-state index in [0.717, 1.165) is 47.1 Å². The molecule has 3 atom stereocenters. The van der Waals surface area contributed by atoms with Crippen molar-refractivity contribution in [2.24, 2.45) is 5.92 Å². The minimum absolute atomic E-state index is 0.0946. The Balaban J connectivity index is 1.63. The minimum atomic E-state index is -0.991. The molecule has 0 saturated carbocycles. The highest BCUT2D eigenvalue weighted by atomic mass is 16.5. The second-order valence-corrected chi connectivity index (χ2v) is 10.8. The predicted octanol–water partition coefficient (Wildman–Crippen LogP) is 5.61. The zero-order valence-electron chi connectivity index (χ0n) is 22.9. The maximum absolute atomic E-state index is 11.3. The van der Waals surface area contributed by atoms with Crippen LogP contribution < -0.4 is 18.9 Å². The van der Waals surface area contributed by atoms with Crippen molar-refractivity contribution < 1.29 is 39.4 Å². The number of phenols is 3. The topological polar surface area (TPSA) is 118 Å². The first-order valence-corrected chi connectivity index (χ1v) is 13.3. The molecule has 3 aromatic rings. The lowest BCUT2D eigenvalue weighted by molar-refractivity contribution is 0.0187. The van der Waals surface area contributed by atoms with Gasteiger partial charge in [-0.05, 0) is 59.6 Å². The standard InChI is InChI=1S/C31H36O8/c1-15(2)6-7-16-10-21-20-12-23(33)30(22-13-26(37-4)29(35)31(38-5)28(22)34)39-24(20)14-25(36-3)27(21)18-9-8-17(32)11-19(16)18/h8-9,11,13-16,23,30,32-35H,6-7,10,12H2,1-5H3/t16-,23+,30-/m0/s1. The molecule has 39 heavy (non-hydrogen) atoms. The Morgan fingerprint density at radius 1 is 0.872 bits per heavy atom. The fourth-order valence-corrected chi connectivity index (χ4v) is 6.00. The van der Waals surface area contributed by atoms with Gasteiger partial charge in [-0.3, -0.25) is 0 Å². The van der Waals surface area contributed by atoms with Crippen molar-refractivity contribution in [2.75, 3.05) is 21.3 Å². The van der Waals surface area contributed by atoms with Gasteiger partial charge < -0.3 is 39.4 Å². The van der Waals surface area contributed by atoms with Crippen molar-refractivity contribution >= 4 is 0 Å². The summed E-state index contributed by atoms with van der Waals surface area (Å²) in [5.74, 6) is 1.47. The van der Waals surface area contributed by atoms with Crippen LogP contribution in [-0.2, 0) is 12.8 Å². The largest absolute Gasteiger partial charge is 0.508 e. The second-order valence-electron chi connectivity index (χ2n) is 10.8. The first kappa shape index (κ1) is 26.8. The number of aromatic hydroxyl groups is 3. The minimum Gasteiger partial charge on any atom is -0.508 e. The van der Waals surface area contributed by atoms with Crippen molar-refractivity contribution in [3.8, 4) is 51.4 Å². The monoisotopic (exact) mass is 536 g/mol. The molecule has 8 heteroatoms. The van der Waals surface area contributed by atoms with Crippen LogP contribution in [-0.4, -0.2) is 47.9 Å². The van der Waals surface area contributed by atoms with E-state index in [4.69, 9.17) is 18.9 Å². The van der Waals surface area contributed by atoms with Gasteiger partial charge in [0.15, 0.2) is 17.6 Å². The van der Waals surface area contributed by atoms with Crippen LogP contribution in [0.4, 0.5) is 0 Å². The summed E-state index contributed by atoms with van der Waals surface area (Å²) in [7, 11) is 4.34. The Hall–Kier alpha value is -3.78. The van der Waals surface area contributed by atoms with Gasteiger partial charge in [0.25, 0.3) is 0 Å². The van der Waals surface area contributed by atoms with E-state index in [0.29, 0.717) is 23.8 Å². The van der Waals surface area contributed by atoms with Gasteiger partial charge in [-0.1, -0.05) is 26.3 Å². The molecular formula is C31H36O8. The van der Waals surface area contributed by atoms with E-state index < -0.39 is 12.2 Å². The average Bonchev–Trinajstić information content (AvgIpc) is 2.91. The van der Waals surface area contributed by atoms with E-state index in [1.54, 1.807) is 13.2 Å². The molecule has 0 radical (unpaired) electrons. The van der Waals surface area contributed by atoms with E-state index in [1.165, 1.54) is 20.3 Å². The van der Waals surface area contributed by atoms with E-state index in [-0.39, 0.29) is 40.2 Å². The molecule has 1 aliphatic heterocycles. The lowest BCUT2D eigenvalue weighted by atomic mass is 9.73. The molecule has 2 aliphatic rings. The zero-order valence-corrected chi connectivity index (χ0v) is 22.9. The third kappa shape index (κ3) is 4.56. The molecule has 208 valence electrons. The first-order chi connectivity index (χ1) is 18.7. The summed E-state index contributed by atoms with van der Waals surface area (Å²) in [6.45, 7) is 4.41. The van der Waals surface area contributed by atoms with Crippen LogP contribution in [0, 0.1) is 5.92 Å². The van der Waals surface area contributed by atoms with Crippen molar-refractivity contribution in [3.63, 3.8) is 0 Å². The summed E-state index contributed by atoms with van der Waals surface area (Å²) in [5, 5.41) is 42.9. The van der Waals surface area contributed by atoms with E-state index in [9.17, 15) is 20.4 Å². The molecule has 0 fully saturated rings. The van der Waals surface area contributed by atoms with Crippen LogP contribution in [0.2, 0.25) is 0 Å². The molecule has 0 bridgehead atoms. The Labute approximate surface area is 228 Å². The highest BCUT2D eigenvalue weighted by Gasteiger charge is 2.39. The maximum Gasteiger partial charge on any atom is 0.207 e. The van der Waals surface area contributed by atoms with Crippen LogP contribution in [0.3, 0.4) is 0 Å².